The SMILES string of the molecule is N/C(=N/O)c1cccc(NS(=O)(=O)c2cccc(Cl)c2)c1. The predicted octanol–water partition coefficient (Wildman–Crippen LogP) is 2.24. The van der Waals surface area contributed by atoms with Crippen molar-refractivity contribution in [3.05, 3.63) is 59.1 Å². The van der Waals surface area contributed by atoms with Crippen molar-refractivity contribution in [2.45, 2.75) is 4.90 Å². The molecule has 0 fully saturated rings. The number of anilines is 1. The average Bonchev–Trinajstić information content (AvgIpc) is 2.46. The second kappa shape index (κ2) is 6.02. The molecule has 0 spiro atoms. The second-order valence-corrected chi connectivity index (χ2v) is 6.25. The third-order valence-electron chi connectivity index (χ3n) is 2.62. The standard InChI is InChI=1S/C13H12ClN3O3S/c14-10-4-2-6-12(8-10)21(19,20)17-11-5-1-3-9(7-11)13(15)16-18/h1-8,17-18H,(H2,15,16). The number of hydrogen-bond donors (Lipinski definition) is 3. The fourth-order valence-electron chi connectivity index (χ4n) is 1.65. The number of benzene rings is 2. The maximum Gasteiger partial charge on any atom is 0.261 e. The van der Waals surface area contributed by atoms with Gasteiger partial charge in [-0.2, -0.15) is 0 Å². The summed E-state index contributed by atoms with van der Waals surface area (Å²) in [5.41, 5.74) is 6.15. The monoisotopic (exact) mass is 325 g/mol. The molecular weight excluding hydrogens is 314 g/mol. The molecule has 0 bridgehead atoms. The van der Waals surface area contributed by atoms with Crippen LogP contribution in [0.5, 0.6) is 0 Å². The zero-order valence-electron chi connectivity index (χ0n) is 10.7. The van der Waals surface area contributed by atoms with Crippen molar-refractivity contribution >= 4 is 33.1 Å². The van der Waals surface area contributed by atoms with Gasteiger partial charge in [-0.25, -0.2) is 8.42 Å². The van der Waals surface area contributed by atoms with Crippen LogP contribution >= 0.6 is 11.6 Å². The Morgan fingerprint density at radius 2 is 1.90 bits per heavy atom. The van der Waals surface area contributed by atoms with Gasteiger partial charge < -0.3 is 10.9 Å². The first kappa shape index (κ1) is 15.1. The molecule has 2 aromatic carbocycles. The summed E-state index contributed by atoms with van der Waals surface area (Å²) in [5, 5.41) is 11.8. The highest BCUT2D eigenvalue weighted by Crippen LogP contribution is 2.19. The van der Waals surface area contributed by atoms with Crippen LogP contribution in [-0.2, 0) is 10.0 Å². The van der Waals surface area contributed by atoms with E-state index in [0.29, 0.717) is 16.3 Å². The summed E-state index contributed by atoms with van der Waals surface area (Å²) >= 11 is 5.79. The lowest BCUT2D eigenvalue weighted by Gasteiger charge is -2.09. The number of nitrogens with one attached hydrogen (secondary N) is 1. The summed E-state index contributed by atoms with van der Waals surface area (Å²) in [4.78, 5) is 0.0456. The zero-order valence-corrected chi connectivity index (χ0v) is 12.3. The van der Waals surface area contributed by atoms with Gasteiger partial charge in [0.15, 0.2) is 5.84 Å². The van der Waals surface area contributed by atoms with Crippen molar-refractivity contribution in [2.75, 3.05) is 4.72 Å². The summed E-state index contributed by atoms with van der Waals surface area (Å²) in [6.45, 7) is 0. The van der Waals surface area contributed by atoms with Crippen molar-refractivity contribution < 1.29 is 13.6 Å². The molecule has 21 heavy (non-hydrogen) atoms. The molecule has 110 valence electrons. The number of hydrogen-bond acceptors (Lipinski definition) is 4. The number of nitrogens with zero attached hydrogens (tertiary/aromatic N) is 1. The quantitative estimate of drug-likeness (QED) is 0.347. The summed E-state index contributed by atoms with van der Waals surface area (Å²) in [7, 11) is -3.76. The molecule has 0 radical (unpaired) electrons. The first-order valence-corrected chi connectivity index (χ1v) is 7.65. The Bertz CT molecular complexity index is 791. The Balaban J connectivity index is 2.33. The van der Waals surface area contributed by atoms with Crippen molar-refractivity contribution in [3.8, 4) is 0 Å². The van der Waals surface area contributed by atoms with Crippen LogP contribution in [0, 0.1) is 0 Å². The lowest BCUT2D eigenvalue weighted by atomic mass is 10.2. The van der Waals surface area contributed by atoms with Gasteiger partial charge in [-0.1, -0.05) is 35.0 Å². The molecule has 0 heterocycles. The fourth-order valence-corrected chi connectivity index (χ4v) is 3.00. The Morgan fingerprint density at radius 1 is 1.19 bits per heavy atom. The van der Waals surface area contributed by atoms with Crippen LogP contribution in [0.1, 0.15) is 5.56 Å². The van der Waals surface area contributed by atoms with Gasteiger partial charge in [0.1, 0.15) is 0 Å². The molecule has 0 aliphatic heterocycles. The van der Waals surface area contributed by atoms with Crippen molar-refractivity contribution in [1.29, 1.82) is 0 Å². The lowest BCUT2D eigenvalue weighted by Crippen LogP contribution is -2.15. The molecule has 0 amide bonds. The van der Waals surface area contributed by atoms with E-state index < -0.39 is 10.0 Å². The molecule has 2 rings (SSSR count). The topological polar surface area (TPSA) is 105 Å². The van der Waals surface area contributed by atoms with Crippen LogP contribution in [0.4, 0.5) is 5.69 Å². The van der Waals surface area contributed by atoms with Crippen molar-refractivity contribution in [2.24, 2.45) is 10.9 Å². The minimum absolute atomic E-state index is 0.0456. The first-order valence-electron chi connectivity index (χ1n) is 5.79. The van der Waals surface area contributed by atoms with Crippen LogP contribution in [-0.4, -0.2) is 19.5 Å². The number of halogens is 1. The number of amidine groups is 1. The lowest BCUT2D eigenvalue weighted by molar-refractivity contribution is 0.318. The van der Waals surface area contributed by atoms with Crippen LogP contribution in [0.15, 0.2) is 58.6 Å². The Kier molecular flexibility index (Phi) is 4.35. The second-order valence-electron chi connectivity index (χ2n) is 4.13. The van der Waals surface area contributed by atoms with E-state index in [2.05, 4.69) is 9.88 Å². The van der Waals surface area contributed by atoms with E-state index in [1.807, 2.05) is 0 Å². The van der Waals surface area contributed by atoms with E-state index in [1.54, 1.807) is 30.3 Å². The average molecular weight is 326 g/mol. The van der Waals surface area contributed by atoms with E-state index in [0.717, 1.165) is 0 Å². The van der Waals surface area contributed by atoms with Crippen LogP contribution in [0.25, 0.3) is 0 Å². The summed E-state index contributed by atoms with van der Waals surface area (Å²) in [5.74, 6) is -0.112. The van der Waals surface area contributed by atoms with Gasteiger partial charge in [-0.15, -0.1) is 0 Å². The molecule has 0 aliphatic rings. The minimum atomic E-state index is -3.76. The molecule has 0 unspecified atom stereocenters. The van der Waals surface area contributed by atoms with Gasteiger partial charge in [0.2, 0.25) is 0 Å². The normalized spacial score (nSPS) is 12.1. The summed E-state index contributed by atoms with van der Waals surface area (Å²) in [6, 6.07) is 12.1. The van der Waals surface area contributed by atoms with Crippen molar-refractivity contribution in [1.82, 2.24) is 0 Å². The Labute approximate surface area is 126 Å². The van der Waals surface area contributed by atoms with E-state index in [9.17, 15) is 8.42 Å². The number of oxime groups is 1. The van der Waals surface area contributed by atoms with Crippen LogP contribution < -0.4 is 10.5 Å². The molecular formula is C13H12ClN3O3S. The van der Waals surface area contributed by atoms with Gasteiger partial charge in [0.05, 0.1) is 4.90 Å². The molecule has 0 saturated heterocycles. The van der Waals surface area contributed by atoms with Gasteiger partial charge >= 0.3 is 0 Å². The first-order chi connectivity index (χ1) is 9.92. The van der Waals surface area contributed by atoms with Gasteiger partial charge in [-0.3, -0.25) is 4.72 Å². The summed E-state index contributed by atoms with van der Waals surface area (Å²) in [6.07, 6.45) is 0. The molecule has 6 nitrogen and oxygen atoms in total. The Morgan fingerprint density at radius 3 is 2.57 bits per heavy atom. The third-order valence-corrected chi connectivity index (χ3v) is 4.24. The number of nitrogens with two attached hydrogens (primary N) is 1. The number of sulfonamides is 1. The maximum absolute atomic E-state index is 12.2. The predicted molar refractivity (Wildman–Crippen MR) is 81.2 cm³/mol. The Hall–Kier alpha value is -2.25. The molecule has 2 aromatic rings. The molecule has 0 atom stereocenters. The highest BCUT2D eigenvalue weighted by molar-refractivity contribution is 7.92. The van der Waals surface area contributed by atoms with E-state index in [4.69, 9.17) is 22.5 Å². The van der Waals surface area contributed by atoms with E-state index >= 15 is 0 Å². The van der Waals surface area contributed by atoms with Gasteiger partial charge in [0.25, 0.3) is 10.0 Å². The summed E-state index contributed by atoms with van der Waals surface area (Å²) < 4.78 is 26.9. The van der Waals surface area contributed by atoms with Crippen molar-refractivity contribution in [3.63, 3.8) is 0 Å². The highest BCUT2D eigenvalue weighted by atomic mass is 35.5. The smallest absolute Gasteiger partial charge is 0.261 e. The van der Waals surface area contributed by atoms with E-state index in [-0.39, 0.29) is 10.7 Å². The minimum Gasteiger partial charge on any atom is -0.409 e. The molecule has 4 N–H and O–H groups in total. The zero-order chi connectivity index (χ0) is 15.5. The highest BCUT2D eigenvalue weighted by Gasteiger charge is 2.14. The molecule has 0 saturated carbocycles. The molecule has 8 heteroatoms. The van der Waals surface area contributed by atoms with Crippen LogP contribution in [0.2, 0.25) is 5.02 Å². The molecule has 0 aromatic heterocycles. The van der Waals surface area contributed by atoms with E-state index in [1.165, 1.54) is 18.2 Å². The van der Waals surface area contributed by atoms with Gasteiger partial charge in [-0.05, 0) is 30.3 Å². The fraction of sp³-hybridized carbons (Fsp3) is 0. The molecule has 0 aliphatic carbocycles. The van der Waals surface area contributed by atoms with Crippen LogP contribution in [0.3, 0.4) is 0 Å². The third kappa shape index (κ3) is 3.65. The largest absolute Gasteiger partial charge is 0.409 e. The van der Waals surface area contributed by atoms with Gasteiger partial charge in [0, 0.05) is 16.3 Å². The number of rotatable bonds is 4. The maximum atomic E-state index is 12.2.